The number of sulfonamides is 1. The average Bonchev–Trinajstić information content (AvgIpc) is 2.37. The van der Waals surface area contributed by atoms with E-state index in [9.17, 15) is 21.6 Å². The van der Waals surface area contributed by atoms with E-state index in [1.807, 2.05) is 0 Å². The molecule has 0 saturated carbocycles. The summed E-state index contributed by atoms with van der Waals surface area (Å²) in [5.74, 6) is 0. The lowest BCUT2D eigenvalue weighted by Crippen LogP contribution is -2.43. The Morgan fingerprint density at radius 2 is 2.05 bits per heavy atom. The van der Waals surface area contributed by atoms with Crippen molar-refractivity contribution in [3.63, 3.8) is 0 Å². The molecule has 0 radical (unpaired) electrons. The van der Waals surface area contributed by atoms with Crippen LogP contribution in [0.25, 0.3) is 0 Å². The lowest BCUT2D eigenvalue weighted by Gasteiger charge is -2.16. The molecule has 20 heavy (non-hydrogen) atoms. The highest BCUT2D eigenvalue weighted by atomic mass is 32.2. The Balaban J connectivity index is 3.04. The van der Waals surface area contributed by atoms with Crippen LogP contribution >= 0.6 is 0 Å². The minimum absolute atomic E-state index is 0.0225. The van der Waals surface area contributed by atoms with Crippen LogP contribution in [0.4, 0.5) is 13.2 Å². The van der Waals surface area contributed by atoms with Gasteiger partial charge in [0.25, 0.3) is 0 Å². The number of benzene rings is 1. The summed E-state index contributed by atoms with van der Waals surface area (Å²) < 4.78 is 68.5. The summed E-state index contributed by atoms with van der Waals surface area (Å²) in [7, 11) is -2.72. The molecule has 1 rings (SSSR count). The second-order valence-electron chi connectivity index (χ2n) is 4.03. The average molecular weight is 312 g/mol. The molecular weight excluding hydrogens is 297 g/mol. The molecule has 1 unspecified atom stereocenters. The van der Waals surface area contributed by atoms with E-state index in [1.54, 1.807) is 0 Å². The van der Waals surface area contributed by atoms with Crippen LogP contribution in [0, 0.1) is 0 Å². The van der Waals surface area contributed by atoms with Crippen molar-refractivity contribution in [2.75, 3.05) is 20.3 Å². The van der Waals surface area contributed by atoms with E-state index in [-0.39, 0.29) is 13.2 Å². The summed E-state index contributed by atoms with van der Waals surface area (Å²) in [6.07, 6.45) is -4.61. The summed E-state index contributed by atoms with van der Waals surface area (Å²) in [5.41, 5.74) is 4.33. The standard InChI is InChI=1S/C11H15F3N2O3S/c1-19-7-9(6-15)16-20(17,18)10-4-2-3-8(5-10)11(12,13)14/h2-5,9,16H,6-7,15H2,1H3. The van der Waals surface area contributed by atoms with Gasteiger partial charge in [-0.15, -0.1) is 0 Å². The molecule has 9 heteroatoms. The van der Waals surface area contributed by atoms with Gasteiger partial charge < -0.3 is 10.5 Å². The van der Waals surface area contributed by atoms with E-state index in [0.29, 0.717) is 6.07 Å². The van der Waals surface area contributed by atoms with Crippen LogP contribution in [0.1, 0.15) is 5.56 Å². The Kier molecular flexibility index (Phi) is 5.51. The first kappa shape index (κ1) is 16.9. The number of nitrogens with one attached hydrogen (secondary N) is 1. The second-order valence-corrected chi connectivity index (χ2v) is 5.75. The number of nitrogens with two attached hydrogens (primary N) is 1. The molecule has 0 spiro atoms. The molecule has 0 aliphatic carbocycles. The fourth-order valence-corrected chi connectivity index (χ4v) is 2.76. The highest BCUT2D eigenvalue weighted by Gasteiger charge is 2.32. The minimum Gasteiger partial charge on any atom is -0.383 e. The maximum Gasteiger partial charge on any atom is 0.416 e. The quantitative estimate of drug-likeness (QED) is 0.820. The van der Waals surface area contributed by atoms with Crippen LogP contribution in [-0.2, 0) is 20.9 Å². The Hall–Kier alpha value is -1.16. The number of alkyl halides is 3. The van der Waals surface area contributed by atoms with Crippen LogP contribution in [0.3, 0.4) is 0 Å². The predicted octanol–water partition coefficient (Wildman–Crippen LogP) is 0.957. The first-order chi connectivity index (χ1) is 9.20. The highest BCUT2D eigenvalue weighted by Crippen LogP contribution is 2.30. The maximum absolute atomic E-state index is 12.6. The van der Waals surface area contributed by atoms with E-state index < -0.39 is 32.7 Å². The Morgan fingerprint density at radius 3 is 2.55 bits per heavy atom. The van der Waals surface area contributed by atoms with Gasteiger partial charge in [0.15, 0.2) is 0 Å². The molecule has 0 aromatic heterocycles. The Labute approximate surface area is 115 Å². The van der Waals surface area contributed by atoms with Crippen LogP contribution in [0.15, 0.2) is 29.2 Å². The molecule has 0 bridgehead atoms. The van der Waals surface area contributed by atoms with E-state index in [1.165, 1.54) is 7.11 Å². The number of rotatable bonds is 6. The smallest absolute Gasteiger partial charge is 0.383 e. The van der Waals surface area contributed by atoms with Gasteiger partial charge in [-0.2, -0.15) is 13.2 Å². The van der Waals surface area contributed by atoms with Gasteiger partial charge in [0.1, 0.15) is 0 Å². The van der Waals surface area contributed by atoms with Crippen molar-refractivity contribution in [1.29, 1.82) is 0 Å². The van der Waals surface area contributed by atoms with Gasteiger partial charge in [-0.25, -0.2) is 13.1 Å². The van der Waals surface area contributed by atoms with Crippen molar-refractivity contribution in [3.8, 4) is 0 Å². The number of methoxy groups -OCH3 is 1. The lowest BCUT2D eigenvalue weighted by molar-refractivity contribution is -0.137. The zero-order valence-electron chi connectivity index (χ0n) is 10.6. The number of ether oxygens (including phenoxy) is 1. The van der Waals surface area contributed by atoms with Crippen molar-refractivity contribution in [1.82, 2.24) is 4.72 Å². The molecule has 114 valence electrons. The zero-order chi connectivity index (χ0) is 15.4. The van der Waals surface area contributed by atoms with Gasteiger partial charge in [-0.05, 0) is 18.2 Å². The minimum atomic E-state index is -4.61. The predicted molar refractivity (Wildman–Crippen MR) is 66.5 cm³/mol. The number of hydrogen-bond acceptors (Lipinski definition) is 4. The van der Waals surface area contributed by atoms with E-state index in [2.05, 4.69) is 4.72 Å². The largest absolute Gasteiger partial charge is 0.416 e. The van der Waals surface area contributed by atoms with Crippen molar-refractivity contribution < 1.29 is 26.3 Å². The fraction of sp³-hybridized carbons (Fsp3) is 0.455. The molecule has 1 atom stereocenters. The number of hydrogen-bond donors (Lipinski definition) is 2. The second kappa shape index (κ2) is 6.53. The first-order valence-electron chi connectivity index (χ1n) is 5.59. The van der Waals surface area contributed by atoms with Gasteiger partial charge in [0.2, 0.25) is 10.0 Å². The molecule has 0 heterocycles. The molecule has 1 aromatic carbocycles. The summed E-state index contributed by atoms with van der Waals surface area (Å²) in [6, 6.07) is 2.78. The van der Waals surface area contributed by atoms with Crippen molar-refractivity contribution >= 4 is 10.0 Å². The summed E-state index contributed by atoms with van der Waals surface area (Å²) in [5, 5.41) is 0. The normalized spacial score (nSPS) is 14.2. The topological polar surface area (TPSA) is 81.4 Å². The SMILES string of the molecule is COCC(CN)NS(=O)(=O)c1cccc(C(F)(F)F)c1. The molecule has 0 amide bonds. The van der Waals surface area contributed by atoms with Crippen molar-refractivity contribution in [3.05, 3.63) is 29.8 Å². The van der Waals surface area contributed by atoms with E-state index in [4.69, 9.17) is 10.5 Å². The third-order valence-electron chi connectivity index (χ3n) is 2.45. The molecule has 1 aromatic rings. The van der Waals surface area contributed by atoms with Crippen LogP contribution < -0.4 is 10.5 Å². The summed E-state index contributed by atoms with van der Waals surface area (Å²) in [4.78, 5) is -0.470. The van der Waals surface area contributed by atoms with E-state index in [0.717, 1.165) is 18.2 Å². The van der Waals surface area contributed by atoms with Crippen LogP contribution in [-0.4, -0.2) is 34.7 Å². The molecule has 3 N–H and O–H groups in total. The van der Waals surface area contributed by atoms with E-state index >= 15 is 0 Å². The van der Waals surface area contributed by atoms with Crippen LogP contribution in [0.5, 0.6) is 0 Å². The molecule has 0 fully saturated rings. The lowest BCUT2D eigenvalue weighted by atomic mass is 10.2. The van der Waals surface area contributed by atoms with Gasteiger partial charge in [0, 0.05) is 13.7 Å². The monoisotopic (exact) mass is 312 g/mol. The van der Waals surface area contributed by atoms with Gasteiger partial charge in [-0.1, -0.05) is 6.07 Å². The van der Waals surface area contributed by atoms with Gasteiger partial charge >= 0.3 is 6.18 Å². The molecular formula is C11H15F3N2O3S. The fourth-order valence-electron chi connectivity index (χ4n) is 1.48. The Bertz CT molecular complexity index is 546. The third kappa shape index (κ3) is 4.44. The Morgan fingerprint density at radius 1 is 1.40 bits per heavy atom. The first-order valence-corrected chi connectivity index (χ1v) is 7.07. The molecule has 0 aliphatic heterocycles. The van der Waals surface area contributed by atoms with Crippen LogP contribution in [0.2, 0.25) is 0 Å². The zero-order valence-corrected chi connectivity index (χ0v) is 11.5. The highest BCUT2D eigenvalue weighted by molar-refractivity contribution is 7.89. The van der Waals surface area contributed by atoms with Crippen molar-refractivity contribution in [2.45, 2.75) is 17.1 Å². The third-order valence-corrected chi connectivity index (χ3v) is 3.96. The van der Waals surface area contributed by atoms with Gasteiger partial charge in [-0.3, -0.25) is 0 Å². The van der Waals surface area contributed by atoms with Gasteiger partial charge in [0.05, 0.1) is 23.1 Å². The molecule has 0 aliphatic rings. The summed E-state index contributed by atoms with van der Waals surface area (Å²) >= 11 is 0. The molecule has 5 nitrogen and oxygen atoms in total. The number of halogens is 3. The maximum atomic E-state index is 12.6. The van der Waals surface area contributed by atoms with Crippen molar-refractivity contribution in [2.24, 2.45) is 5.73 Å². The molecule has 0 saturated heterocycles. The summed E-state index contributed by atoms with van der Waals surface area (Å²) in [6.45, 7) is -0.0132.